The molecule has 7 heteroatoms. The van der Waals surface area contributed by atoms with E-state index in [2.05, 4.69) is 39.7 Å². The van der Waals surface area contributed by atoms with E-state index in [0.717, 1.165) is 30.6 Å². The van der Waals surface area contributed by atoms with E-state index >= 15 is 0 Å². The SMILES string of the molecule is O=BCNCCc1ccc(SCc2noc(-c3ccccc3)n2)cc1. The molecule has 0 bridgehead atoms. The van der Waals surface area contributed by atoms with Crippen molar-refractivity contribution in [3.63, 3.8) is 0 Å². The zero-order valence-corrected chi connectivity index (χ0v) is 14.5. The van der Waals surface area contributed by atoms with Crippen molar-refractivity contribution in [2.75, 3.05) is 13.0 Å². The van der Waals surface area contributed by atoms with E-state index in [0.29, 0.717) is 23.9 Å². The molecule has 0 spiro atoms. The molecule has 0 aliphatic heterocycles. The zero-order valence-electron chi connectivity index (χ0n) is 13.7. The van der Waals surface area contributed by atoms with Gasteiger partial charge in [-0.15, -0.1) is 0 Å². The van der Waals surface area contributed by atoms with E-state index in [1.165, 1.54) is 5.56 Å². The summed E-state index contributed by atoms with van der Waals surface area (Å²) in [5.74, 6) is 1.90. The third-order valence-corrected chi connectivity index (χ3v) is 4.61. The summed E-state index contributed by atoms with van der Waals surface area (Å²) in [4.78, 5) is 5.60. The molecule has 3 aromatic rings. The molecule has 0 radical (unpaired) electrons. The number of rotatable bonds is 9. The monoisotopic (exact) mass is 351 g/mol. The number of nitrogens with zero attached hydrogens (tertiary/aromatic N) is 2. The summed E-state index contributed by atoms with van der Waals surface area (Å²) in [5, 5.41) is 7.10. The van der Waals surface area contributed by atoms with Crippen LogP contribution in [0.5, 0.6) is 0 Å². The van der Waals surface area contributed by atoms with Crippen LogP contribution < -0.4 is 5.32 Å². The van der Waals surface area contributed by atoms with Gasteiger partial charge in [0.2, 0.25) is 0 Å². The second-order valence-electron chi connectivity index (χ2n) is 5.44. The molecule has 0 saturated carbocycles. The molecule has 1 N–H and O–H groups in total. The molecule has 126 valence electrons. The Morgan fingerprint density at radius 3 is 2.64 bits per heavy atom. The Morgan fingerprint density at radius 1 is 1.08 bits per heavy atom. The third-order valence-electron chi connectivity index (χ3n) is 3.60. The fourth-order valence-corrected chi connectivity index (χ4v) is 3.05. The first kappa shape index (κ1) is 17.6. The first-order valence-electron chi connectivity index (χ1n) is 8.09. The Hall–Kier alpha value is -2.25. The molecule has 1 heterocycles. The summed E-state index contributed by atoms with van der Waals surface area (Å²) >= 11 is 1.68. The van der Waals surface area contributed by atoms with Gasteiger partial charge in [-0.05, 0) is 12.1 Å². The molecule has 0 aliphatic rings. The van der Waals surface area contributed by atoms with Gasteiger partial charge in [0, 0.05) is 5.56 Å². The van der Waals surface area contributed by atoms with Crippen molar-refractivity contribution in [2.45, 2.75) is 17.1 Å². The minimum absolute atomic E-state index is 0.406. The van der Waals surface area contributed by atoms with Crippen molar-refractivity contribution in [1.82, 2.24) is 15.5 Å². The molecule has 5 nitrogen and oxygen atoms in total. The fraction of sp³-hybridized carbons (Fsp3) is 0.222. The predicted octanol–water partition coefficient (Wildman–Crippen LogP) is 3.17. The number of thioether (sulfide) groups is 1. The van der Waals surface area contributed by atoms with Gasteiger partial charge in [-0.3, -0.25) is 0 Å². The molecule has 0 fully saturated rings. The van der Waals surface area contributed by atoms with E-state index in [1.807, 2.05) is 30.3 Å². The second-order valence-corrected chi connectivity index (χ2v) is 6.48. The van der Waals surface area contributed by atoms with Crippen molar-refractivity contribution >= 4 is 18.9 Å². The van der Waals surface area contributed by atoms with Crippen molar-refractivity contribution in [2.24, 2.45) is 0 Å². The number of benzene rings is 2. The van der Waals surface area contributed by atoms with E-state index in [9.17, 15) is 4.70 Å². The topological polar surface area (TPSA) is 68.0 Å². The van der Waals surface area contributed by atoms with Crippen LogP contribution in [0, 0.1) is 0 Å². The summed E-state index contributed by atoms with van der Waals surface area (Å²) in [7, 11) is 0.876. The van der Waals surface area contributed by atoms with Gasteiger partial charge < -0.3 is 4.52 Å². The van der Waals surface area contributed by atoms with Crippen LogP contribution in [-0.4, -0.2) is 30.3 Å². The Balaban J connectivity index is 1.50. The van der Waals surface area contributed by atoms with E-state index < -0.39 is 0 Å². The number of aromatic nitrogens is 2. The van der Waals surface area contributed by atoms with Crippen LogP contribution in [0.1, 0.15) is 11.4 Å². The summed E-state index contributed by atoms with van der Waals surface area (Å²) in [5.41, 5.74) is 2.17. The molecule has 1 aromatic heterocycles. The van der Waals surface area contributed by atoms with Crippen LogP contribution in [0.3, 0.4) is 0 Å². The zero-order chi connectivity index (χ0) is 17.3. The van der Waals surface area contributed by atoms with E-state index in [1.54, 1.807) is 11.8 Å². The number of hydrogen-bond donors (Lipinski definition) is 1. The summed E-state index contributed by atoms with van der Waals surface area (Å²) < 4.78 is 15.6. The molecule has 2 aromatic carbocycles. The van der Waals surface area contributed by atoms with Crippen LogP contribution in [0.15, 0.2) is 64.0 Å². The summed E-state index contributed by atoms with van der Waals surface area (Å²) in [6.07, 6.45) is 1.31. The maximum atomic E-state index is 10.2. The van der Waals surface area contributed by atoms with Gasteiger partial charge in [-0.1, -0.05) is 18.2 Å². The second kappa shape index (κ2) is 9.29. The Kier molecular flexibility index (Phi) is 6.53. The van der Waals surface area contributed by atoms with Crippen LogP contribution in [-0.2, 0) is 16.9 Å². The maximum absolute atomic E-state index is 10.2. The first-order valence-corrected chi connectivity index (χ1v) is 9.08. The van der Waals surface area contributed by atoms with Crippen LogP contribution >= 0.6 is 11.8 Å². The van der Waals surface area contributed by atoms with Crippen molar-refractivity contribution in [3.8, 4) is 11.5 Å². The fourth-order valence-electron chi connectivity index (χ4n) is 2.30. The molecule has 3 rings (SSSR count). The van der Waals surface area contributed by atoms with Gasteiger partial charge in [-0.25, -0.2) is 0 Å². The number of nitrogens with one attached hydrogen (secondary N) is 1. The van der Waals surface area contributed by atoms with Crippen LogP contribution in [0.25, 0.3) is 11.5 Å². The van der Waals surface area contributed by atoms with E-state index in [4.69, 9.17) is 4.52 Å². The first-order chi connectivity index (χ1) is 12.3. The Labute approximate surface area is 151 Å². The van der Waals surface area contributed by atoms with Crippen molar-refractivity contribution in [3.05, 3.63) is 66.0 Å². The summed E-state index contributed by atoms with van der Waals surface area (Å²) in [6, 6.07) is 18.2. The van der Waals surface area contributed by atoms with Crippen molar-refractivity contribution < 1.29 is 9.23 Å². The van der Waals surface area contributed by atoms with E-state index in [-0.39, 0.29) is 0 Å². The van der Waals surface area contributed by atoms with Gasteiger partial charge in [0.05, 0.1) is 0 Å². The average molecular weight is 351 g/mol. The molecule has 0 aliphatic carbocycles. The molecule has 0 amide bonds. The van der Waals surface area contributed by atoms with Crippen molar-refractivity contribution in [1.29, 1.82) is 0 Å². The normalized spacial score (nSPS) is 10.6. The minimum atomic E-state index is 0.406. The molecular formula is C18H18BN3O2S. The van der Waals surface area contributed by atoms with Gasteiger partial charge >= 0.3 is 105 Å². The molecular weight excluding hydrogens is 333 g/mol. The van der Waals surface area contributed by atoms with Gasteiger partial charge in [0.15, 0.2) is 0 Å². The quantitative estimate of drug-likeness (QED) is 0.363. The predicted molar refractivity (Wildman–Crippen MR) is 98.8 cm³/mol. The average Bonchev–Trinajstić information content (AvgIpc) is 3.14. The van der Waals surface area contributed by atoms with Crippen LogP contribution in [0.4, 0.5) is 0 Å². The molecule has 0 atom stereocenters. The molecule has 0 saturated heterocycles. The van der Waals surface area contributed by atoms with Crippen LogP contribution in [0.2, 0.25) is 0 Å². The Morgan fingerprint density at radius 2 is 1.88 bits per heavy atom. The summed E-state index contributed by atoms with van der Waals surface area (Å²) in [6.45, 7) is 0.802. The van der Waals surface area contributed by atoms with Gasteiger partial charge in [0.1, 0.15) is 0 Å². The third kappa shape index (κ3) is 5.37. The standard InChI is InChI=1S/C18H18BN3O2S/c23-19-13-20-11-10-14-6-8-16(9-7-14)25-12-17-21-18(24-22-17)15-4-2-1-3-5-15/h1-9,20H,10-13H2. The molecule has 0 unspecified atom stereocenters. The Bertz CT molecular complexity index is 794. The molecule has 25 heavy (non-hydrogen) atoms. The number of hydrogen-bond acceptors (Lipinski definition) is 6. The van der Waals surface area contributed by atoms with Gasteiger partial charge in [0.25, 0.3) is 5.89 Å². The van der Waals surface area contributed by atoms with Gasteiger partial charge in [-0.2, -0.15) is 0 Å².